The topological polar surface area (TPSA) is 209 Å². The second-order valence-electron chi connectivity index (χ2n) is 11.9. The Morgan fingerprint density at radius 2 is 1.56 bits per heavy atom. The number of carbonyl (C=O) groups excluding carboxylic acids is 4. The molecule has 15 nitrogen and oxygen atoms in total. The molecule has 2 atom stereocenters. The first-order valence-corrected chi connectivity index (χ1v) is 18.0. The van der Waals surface area contributed by atoms with Crippen LogP contribution < -0.4 is 27.2 Å². The quantitative estimate of drug-likeness (QED) is 0.0484. The Balaban J connectivity index is -0.000000416. The van der Waals surface area contributed by atoms with Gasteiger partial charge in [-0.1, -0.05) is 62.3 Å². The van der Waals surface area contributed by atoms with Crippen LogP contribution in [0.5, 0.6) is 0 Å². The molecule has 3 amide bonds. The monoisotopic (exact) mass is 770 g/mol. The highest BCUT2D eigenvalue weighted by Crippen LogP contribution is 2.28. The molecule has 15 heteroatoms. The first kappa shape index (κ1) is 56.7. The lowest BCUT2D eigenvalue weighted by Gasteiger charge is -2.22. The van der Waals surface area contributed by atoms with E-state index in [0.29, 0.717) is 32.2 Å². The SMILES string of the molecule is C#C.C/C=C\C1=C(/C)C(C)/C=C\C=C/CC1COC(=O)NCC(=O)OC(C)(C)C.CCCCOCCOCC(=O)NCCNC(=O)CONC.CN.CO. The summed E-state index contributed by atoms with van der Waals surface area (Å²) in [6.07, 6.45) is 22.7. The number of nitrogens with one attached hydrogen (secondary N) is 4. The van der Waals surface area contributed by atoms with Crippen molar-refractivity contribution in [2.24, 2.45) is 17.6 Å². The molecule has 0 spiro atoms. The van der Waals surface area contributed by atoms with Crippen LogP contribution in [0.25, 0.3) is 0 Å². The van der Waals surface area contributed by atoms with Gasteiger partial charge >= 0.3 is 12.1 Å². The highest BCUT2D eigenvalue weighted by Gasteiger charge is 2.20. The van der Waals surface area contributed by atoms with Gasteiger partial charge in [0, 0.05) is 39.8 Å². The standard InChI is InChI=1S/C22H33NO4.C13H27N3O5.C2H2.CH5N.CH4O/c1-7-11-19-17(3)16(2)12-9-8-10-13-18(19)15-26-21(25)23-14-20(24)27-22(4,5)6;1-3-4-7-19-8-9-20-10-12(17)15-5-6-16-13(18)11-21-14-2;3*1-2/h7-12,16,18H,13-15H2,1-6H3,(H,23,25);14H,3-11H2,1-2H3,(H,15,17)(H,16,18);1-2H;2H2,1H3;2H,1H3/b10-8-,11-7-,12-9-,19-17-;;;;. The van der Waals surface area contributed by atoms with Gasteiger partial charge < -0.3 is 45.7 Å². The molecule has 1 aliphatic rings. The van der Waals surface area contributed by atoms with E-state index < -0.39 is 17.7 Å². The minimum absolute atomic E-state index is 0.00600. The third kappa shape index (κ3) is 36.3. The van der Waals surface area contributed by atoms with Gasteiger partial charge in [-0.2, -0.15) is 0 Å². The molecule has 0 aromatic heterocycles. The Labute approximate surface area is 324 Å². The Hall–Kier alpha value is -4.04. The predicted molar refractivity (Wildman–Crippen MR) is 214 cm³/mol. The number of alkyl carbamates (subject to hydrolysis) is 1. The van der Waals surface area contributed by atoms with Crippen LogP contribution in [-0.2, 0) is 38.2 Å². The Morgan fingerprint density at radius 1 is 0.963 bits per heavy atom. The summed E-state index contributed by atoms with van der Waals surface area (Å²) in [5.41, 5.74) is 8.75. The number of nitrogens with two attached hydrogens (primary N) is 1. The zero-order valence-electron chi connectivity index (χ0n) is 34.5. The van der Waals surface area contributed by atoms with Crippen LogP contribution in [0.1, 0.15) is 67.7 Å². The molecule has 1 rings (SSSR count). The van der Waals surface area contributed by atoms with Gasteiger partial charge in [0.25, 0.3) is 0 Å². The van der Waals surface area contributed by atoms with E-state index >= 15 is 0 Å². The van der Waals surface area contributed by atoms with Crippen molar-refractivity contribution in [2.75, 3.05) is 80.5 Å². The minimum atomic E-state index is -0.617. The van der Waals surface area contributed by atoms with Crippen LogP contribution in [0, 0.1) is 24.7 Å². The first-order chi connectivity index (χ1) is 25.8. The van der Waals surface area contributed by atoms with E-state index in [-0.39, 0.29) is 44.1 Å². The van der Waals surface area contributed by atoms with Crippen molar-refractivity contribution < 1.29 is 48.1 Å². The minimum Gasteiger partial charge on any atom is -0.459 e. The molecule has 2 unspecified atom stereocenters. The second-order valence-corrected chi connectivity index (χ2v) is 11.9. The molecule has 0 saturated carbocycles. The molecule has 54 heavy (non-hydrogen) atoms. The fraction of sp³-hybridized carbons (Fsp3) is 0.641. The van der Waals surface area contributed by atoms with Gasteiger partial charge in [0.15, 0.2) is 0 Å². The molecular weight excluding hydrogens is 698 g/mol. The van der Waals surface area contributed by atoms with Crippen LogP contribution in [-0.4, -0.2) is 115 Å². The smallest absolute Gasteiger partial charge is 0.407 e. The summed E-state index contributed by atoms with van der Waals surface area (Å²) in [6, 6.07) is 0. The fourth-order valence-corrected chi connectivity index (χ4v) is 4.04. The summed E-state index contributed by atoms with van der Waals surface area (Å²) in [7, 11) is 4.07. The first-order valence-electron chi connectivity index (χ1n) is 18.0. The number of terminal acetylenes is 1. The number of aliphatic hydroxyl groups is 1. The number of amides is 3. The Morgan fingerprint density at radius 3 is 2.11 bits per heavy atom. The number of hydrogen-bond acceptors (Lipinski definition) is 12. The molecular formula is C39H71N5O10. The maximum Gasteiger partial charge on any atom is 0.407 e. The van der Waals surface area contributed by atoms with Gasteiger partial charge in [0.1, 0.15) is 32.0 Å². The van der Waals surface area contributed by atoms with Crippen LogP contribution in [0.3, 0.4) is 0 Å². The summed E-state index contributed by atoms with van der Waals surface area (Å²) in [6.45, 7) is 16.0. The Kier molecular flexibility index (Phi) is 42.2. The van der Waals surface area contributed by atoms with E-state index in [0.717, 1.165) is 33.0 Å². The molecule has 0 radical (unpaired) electrons. The highest BCUT2D eigenvalue weighted by atomic mass is 16.6. The average Bonchev–Trinajstić information content (AvgIpc) is 3.22. The number of ether oxygens (including phenoxy) is 4. The number of allylic oxidation sites excluding steroid dienone is 7. The van der Waals surface area contributed by atoms with Crippen LogP contribution in [0.15, 0.2) is 47.6 Å². The van der Waals surface area contributed by atoms with E-state index in [1.807, 2.05) is 19.1 Å². The van der Waals surface area contributed by atoms with Gasteiger partial charge in [-0.15, -0.1) is 12.8 Å². The van der Waals surface area contributed by atoms with Gasteiger partial charge in [-0.25, -0.2) is 10.3 Å². The van der Waals surface area contributed by atoms with E-state index in [4.69, 9.17) is 28.9 Å². The zero-order chi connectivity index (χ0) is 42.2. The van der Waals surface area contributed by atoms with Crippen molar-refractivity contribution in [3.8, 4) is 12.8 Å². The summed E-state index contributed by atoms with van der Waals surface area (Å²) < 4.78 is 21.0. The molecule has 0 aliphatic heterocycles. The van der Waals surface area contributed by atoms with Crippen LogP contribution in [0.2, 0.25) is 0 Å². The number of aliphatic hydroxyl groups excluding tert-OH is 1. The van der Waals surface area contributed by atoms with Gasteiger partial charge in [-0.05, 0) is 66.0 Å². The van der Waals surface area contributed by atoms with Crippen molar-refractivity contribution in [3.05, 3.63) is 47.6 Å². The number of hydrogen-bond donors (Lipinski definition) is 6. The molecule has 0 saturated heterocycles. The average molecular weight is 770 g/mol. The largest absolute Gasteiger partial charge is 0.459 e. The normalized spacial score (nSPS) is 17.2. The fourth-order valence-electron chi connectivity index (χ4n) is 4.04. The highest BCUT2D eigenvalue weighted by molar-refractivity contribution is 5.78. The van der Waals surface area contributed by atoms with E-state index in [1.54, 1.807) is 27.8 Å². The molecule has 0 fully saturated rings. The lowest BCUT2D eigenvalue weighted by molar-refractivity contribution is -0.153. The van der Waals surface area contributed by atoms with Gasteiger partial charge in [-0.3, -0.25) is 19.2 Å². The number of unbranched alkanes of at least 4 members (excludes halogenated alkanes) is 1. The van der Waals surface area contributed by atoms with Crippen LogP contribution >= 0.6 is 0 Å². The number of rotatable bonds is 19. The van der Waals surface area contributed by atoms with Crippen molar-refractivity contribution in [1.82, 2.24) is 21.4 Å². The van der Waals surface area contributed by atoms with E-state index in [2.05, 4.69) is 85.1 Å². The summed E-state index contributed by atoms with van der Waals surface area (Å²) in [5, 5.41) is 14.7. The third-order valence-electron chi connectivity index (χ3n) is 6.57. The number of hydroxylamine groups is 1. The molecule has 7 N–H and O–H groups in total. The Bertz CT molecular complexity index is 1110. The lowest BCUT2D eigenvalue weighted by Crippen LogP contribution is -2.38. The second kappa shape index (κ2) is 40.2. The molecule has 0 aromatic carbocycles. The van der Waals surface area contributed by atoms with Crippen molar-refractivity contribution >= 4 is 23.9 Å². The maximum absolute atomic E-state index is 12.0. The van der Waals surface area contributed by atoms with Gasteiger partial charge in [0.05, 0.1) is 13.2 Å². The van der Waals surface area contributed by atoms with E-state index in [9.17, 15) is 19.2 Å². The molecule has 0 heterocycles. The lowest BCUT2D eigenvalue weighted by atomic mass is 9.87. The molecule has 0 bridgehead atoms. The molecule has 312 valence electrons. The van der Waals surface area contributed by atoms with Gasteiger partial charge in [0.2, 0.25) is 11.8 Å². The van der Waals surface area contributed by atoms with Crippen molar-refractivity contribution in [1.29, 1.82) is 0 Å². The number of esters is 1. The van der Waals surface area contributed by atoms with Crippen molar-refractivity contribution in [2.45, 2.75) is 73.3 Å². The maximum atomic E-state index is 12.0. The van der Waals surface area contributed by atoms with Crippen LogP contribution in [0.4, 0.5) is 4.79 Å². The third-order valence-corrected chi connectivity index (χ3v) is 6.57. The van der Waals surface area contributed by atoms with Crippen molar-refractivity contribution in [3.63, 3.8) is 0 Å². The zero-order valence-corrected chi connectivity index (χ0v) is 34.5. The molecule has 1 aliphatic carbocycles. The summed E-state index contributed by atoms with van der Waals surface area (Å²) in [4.78, 5) is 50.9. The number of carbonyl (C=O) groups is 4. The molecule has 0 aromatic rings. The summed E-state index contributed by atoms with van der Waals surface area (Å²) in [5.74, 6) is -0.590. The van der Waals surface area contributed by atoms with E-state index in [1.165, 1.54) is 18.2 Å². The summed E-state index contributed by atoms with van der Waals surface area (Å²) >= 11 is 0. The predicted octanol–water partition coefficient (Wildman–Crippen LogP) is 3.35.